The second kappa shape index (κ2) is 6.38. The summed E-state index contributed by atoms with van der Waals surface area (Å²) in [6.07, 6.45) is -0.483. The predicted molar refractivity (Wildman–Crippen MR) is 77.3 cm³/mol. The number of guanidine groups is 1. The zero-order valence-corrected chi connectivity index (χ0v) is 10.8. The van der Waals surface area contributed by atoms with Crippen LogP contribution in [0.3, 0.4) is 0 Å². The van der Waals surface area contributed by atoms with Crippen molar-refractivity contribution in [1.29, 1.82) is 0 Å². The molecule has 0 spiro atoms. The molecule has 0 fully saturated rings. The second-order valence-corrected chi connectivity index (χ2v) is 4.15. The number of rotatable bonds is 5. The smallest absolute Gasteiger partial charge is 0.294 e. The summed E-state index contributed by atoms with van der Waals surface area (Å²) in [6, 6.07) is 16.7. The van der Waals surface area contributed by atoms with Crippen molar-refractivity contribution in [3.63, 3.8) is 0 Å². The lowest BCUT2D eigenvalue weighted by atomic mass is 10.0. The van der Waals surface area contributed by atoms with Crippen LogP contribution in [0.5, 0.6) is 0 Å². The van der Waals surface area contributed by atoms with Crippen LogP contribution >= 0.6 is 0 Å². The number of benzene rings is 2. The molecule has 0 aromatic heterocycles. The third-order valence-electron chi connectivity index (χ3n) is 2.73. The van der Waals surface area contributed by atoms with Crippen molar-refractivity contribution in [2.24, 2.45) is 16.5 Å². The number of nitrogens with zero attached hydrogens (tertiary/aromatic N) is 1. The van der Waals surface area contributed by atoms with Crippen molar-refractivity contribution in [2.75, 3.05) is 0 Å². The fourth-order valence-electron chi connectivity index (χ4n) is 1.94. The van der Waals surface area contributed by atoms with E-state index in [9.17, 15) is 4.79 Å². The van der Waals surface area contributed by atoms with E-state index in [1.807, 2.05) is 36.4 Å². The minimum Gasteiger partial charge on any atom is -0.455 e. The molecule has 0 aliphatic rings. The van der Waals surface area contributed by atoms with Crippen molar-refractivity contribution in [1.82, 2.24) is 0 Å². The first kappa shape index (κ1) is 13.6. The fraction of sp³-hybridized carbons (Fsp3) is 0.0667. The summed E-state index contributed by atoms with van der Waals surface area (Å²) in [5.41, 5.74) is 13.0. The Morgan fingerprint density at radius 2 is 1.75 bits per heavy atom. The molecule has 102 valence electrons. The van der Waals surface area contributed by atoms with E-state index in [1.54, 1.807) is 18.2 Å². The molecule has 0 saturated heterocycles. The number of aliphatic imine (C=N–C) groups is 1. The lowest BCUT2D eigenvalue weighted by Crippen LogP contribution is -2.21. The van der Waals surface area contributed by atoms with Gasteiger partial charge in [-0.25, -0.2) is 4.99 Å². The Kier molecular flexibility index (Phi) is 4.34. The van der Waals surface area contributed by atoms with Gasteiger partial charge in [0.25, 0.3) is 6.47 Å². The van der Waals surface area contributed by atoms with Crippen molar-refractivity contribution in [3.05, 3.63) is 65.7 Å². The molecule has 0 amide bonds. The van der Waals surface area contributed by atoms with Crippen LogP contribution in [-0.2, 0) is 9.53 Å². The molecule has 2 aromatic rings. The Morgan fingerprint density at radius 1 is 1.05 bits per heavy atom. The summed E-state index contributed by atoms with van der Waals surface area (Å²) in [6.45, 7) is 0.435. The van der Waals surface area contributed by atoms with Crippen LogP contribution in [0.1, 0.15) is 17.2 Å². The highest BCUT2D eigenvalue weighted by Gasteiger charge is 2.15. The summed E-state index contributed by atoms with van der Waals surface area (Å²) in [5.74, 6) is -0.0188. The highest BCUT2D eigenvalue weighted by atomic mass is 16.5. The molecule has 5 nitrogen and oxygen atoms in total. The molecule has 2 aromatic carbocycles. The normalized spacial score (nSPS) is 11.4. The average Bonchev–Trinajstić information content (AvgIpc) is 2.45. The third-order valence-corrected chi connectivity index (χ3v) is 2.73. The minimum absolute atomic E-state index is 0.0188. The van der Waals surface area contributed by atoms with Gasteiger partial charge >= 0.3 is 0 Å². The Labute approximate surface area is 116 Å². The minimum atomic E-state index is -0.483. The van der Waals surface area contributed by atoms with Gasteiger partial charge in [0.1, 0.15) is 0 Å². The van der Waals surface area contributed by atoms with Gasteiger partial charge in [-0.1, -0.05) is 42.5 Å². The van der Waals surface area contributed by atoms with Crippen LogP contribution in [0.2, 0.25) is 0 Å². The third kappa shape index (κ3) is 3.35. The monoisotopic (exact) mass is 269 g/mol. The lowest BCUT2D eigenvalue weighted by Gasteiger charge is -2.16. The second-order valence-electron chi connectivity index (χ2n) is 4.15. The standard InChI is InChI=1S/C15H15N3O2/c16-15(17)18-13-8-4-7-12(9-13)14(20-10-19)11-5-2-1-3-6-11/h1-10,14H,(H4,16,17,18). The van der Waals surface area contributed by atoms with Crippen LogP contribution in [-0.4, -0.2) is 12.4 Å². The summed E-state index contributed by atoms with van der Waals surface area (Å²) in [5, 5.41) is 0. The molecular weight excluding hydrogens is 254 g/mol. The molecule has 0 heterocycles. The molecule has 0 saturated carbocycles. The van der Waals surface area contributed by atoms with Crippen molar-refractivity contribution in [3.8, 4) is 0 Å². The Morgan fingerprint density at radius 3 is 2.40 bits per heavy atom. The molecule has 0 aliphatic heterocycles. The van der Waals surface area contributed by atoms with Gasteiger partial charge < -0.3 is 16.2 Å². The lowest BCUT2D eigenvalue weighted by molar-refractivity contribution is -0.132. The summed E-state index contributed by atoms with van der Waals surface area (Å²) in [7, 11) is 0. The largest absolute Gasteiger partial charge is 0.455 e. The van der Waals surface area contributed by atoms with Gasteiger partial charge in [-0.05, 0) is 23.3 Å². The maximum Gasteiger partial charge on any atom is 0.294 e. The van der Waals surface area contributed by atoms with E-state index in [-0.39, 0.29) is 5.96 Å². The maximum absolute atomic E-state index is 10.7. The van der Waals surface area contributed by atoms with Gasteiger partial charge in [0, 0.05) is 0 Å². The number of nitrogens with two attached hydrogens (primary N) is 2. The van der Waals surface area contributed by atoms with Crippen molar-refractivity contribution in [2.45, 2.75) is 6.10 Å². The first-order chi connectivity index (χ1) is 9.70. The van der Waals surface area contributed by atoms with Gasteiger partial charge in [-0.15, -0.1) is 0 Å². The summed E-state index contributed by atoms with van der Waals surface area (Å²) >= 11 is 0. The molecule has 0 radical (unpaired) electrons. The Balaban J connectivity index is 2.40. The molecule has 20 heavy (non-hydrogen) atoms. The molecular formula is C15H15N3O2. The number of hydrogen-bond acceptors (Lipinski definition) is 3. The van der Waals surface area contributed by atoms with Crippen molar-refractivity contribution >= 4 is 18.1 Å². The maximum atomic E-state index is 10.7. The van der Waals surface area contributed by atoms with Crippen LogP contribution in [0.15, 0.2) is 59.6 Å². The number of carbonyl (C=O) groups is 1. The summed E-state index contributed by atoms with van der Waals surface area (Å²) in [4.78, 5) is 14.7. The quantitative estimate of drug-likeness (QED) is 0.492. The first-order valence-corrected chi connectivity index (χ1v) is 6.04. The zero-order chi connectivity index (χ0) is 14.4. The van der Waals surface area contributed by atoms with Crippen molar-refractivity contribution < 1.29 is 9.53 Å². The first-order valence-electron chi connectivity index (χ1n) is 6.04. The van der Waals surface area contributed by atoms with Gasteiger partial charge in [0.2, 0.25) is 0 Å². The van der Waals surface area contributed by atoms with E-state index in [0.29, 0.717) is 12.2 Å². The van der Waals surface area contributed by atoms with Crippen LogP contribution in [0.25, 0.3) is 0 Å². The van der Waals surface area contributed by atoms with Crippen LogP contribution in [0.4, 0.5) is 5.69 Å². The molecule has 1 unspecified atom stereocenters. The van der Waals surface area contributed by atoms with E-state index in [1.165, 1.54) is 0 Å². The predicted octanol–water partition coefficient (Wildman–Crippen LogP) is 1.85. The zero-order valence-electron chi connectivity index (χ0n) is 10.8. The van der Waals surface area contributed by atoms with Gasteiger partial charge in [0.05, 0.1) is 5.69 Å². The number of carbonyl (C=O) groups excluding carboxylic acids is 1. The average molecular weight is 269 g/mol. The van der Waals surface area contributed by atoms with Gasteiger partial charge in [-0.3, -0.25) is 4.79 Å². The fourth-order valence-corrected chi connectivity index (χ4v) is 1.94. The van der Waals surface area contributed by atoms with Gasteiger partial charge in [0.15, 0.2) is 12.1 Å². The molecule has 0 bridgehead atoms. The topological polar surface area (TPSA) is 90.7 Å². The van der Waals surface area contributed by atoms with E-state index in [4.69, 9.17) is 16.2 Å². The molecule has 0 aliphatic carbocycles. The summed E-state index contributed by atoms with van der Waals surface area (Å²) < 4.78 is 5.18. The number of ether oxygens (including phenoxy) is 1. The van der Waals surface area contributed by atoms with Crippen LogP contribution < -0.4 is 11.5 Å². The number of hydrogen-bond donors (Lipinski definition) is 2. The Bertz CT molecular complexity index is 608. The molecule has 5 heteroatoms. The Hall–Kier alpha value is -2.82. The molecule has 4 N–H and O–H groups in total. The van der Waals surface area contributed by atoms with E-state index in [0.717, 1.165) is 11.1 Å². The van der Waals surface area contributed by atoms with Gasteiger partial charge in [-0.2, -0.15) is 0 Å². The SMILES string of the molecule is NC(N)=Nc1cccc(C(OC=O)c2ccccc2)c1. The molecule has 2 rings (SSSR count). The van der Waals surface area contributed by atoms with E-state index in [2.05, 4.69) is 4.99 Å². The van der Waals surface area contributed by atoms with E-state index < -0.39 is 6.10 Å². The van der Waals surface area contributed by atoms with Crippen LogP contribution in [0, 0.1) is 0 Å². The molecule has 1 atom stereocenters. The highest BCUT2D eigenvalue weighted by molar-refractivity contribution is 5.79. The van der Waals surface area contributed by atoms with E-state index >= 15 is 0 Å². The highest BCUT2D eigenvalue weighted by Crippen LogP contribution is 2.27.